The summed E-state index contributed by atoms with van der Waals surface area (Å²) in [5, 5.41) is 10.6. The number of hydrogen-bond donors (Lipinski definition) is 0. The number of rotatable bonds is 6. The van der Waals surface area contributed by atoms with E-state index in [0.717, 1.165) is 19.3 Å². The van der Waals surface area contributed by atoms with E-state index >= 15 is 0 Å². The lowest BCUT2D eigenvalue weighted by Crippen LogP contribution is -2.43. The Morgan fingerprint density at radius 2 is 1.77 bits per heavy atom. The van der Waals surface area contributed by atoms with E-state index in [1.54, 1.807) is 0 Å². The van der Waals surface area contributed by atoms with Crippen LogP contribution >= 0.6 is 0 Å². The zero-order valence-electron chi connectivity index (χ0n) is 12.5. The SMILES string of the molecule is COC1(C(=O)CC(=O)c2ccc([N+](=O)[O-])cc2)CCCCC1. The maximum atomic E-state index is 12.5. The number of Topliss-reactive ketones (excluding diaryl/α,β-unsaturated/α-hetero) is 2. The molecule has 22 heavy (non-hydrogen) atoms. The highest BCUT2D eigenvalue weighted by Gasteiger charge is 2.39. The summed E-state index contributed by atoms with van der Waals surface area (Å²) in [6, 6.07) is 5.30. The Balaban J connectivity index is 2.07. The molecule has 0 aliphatic heterocycles. The van der Waals surface area contributed by atoms with Crippen LogP contribution in [0.5, 0.6) is 0 Å². The molecule has 6 heteroatoms. The second kappa shape index (κ2) is 6.79. The van der Waals surface area contributed by atoms with E-state index in [1.165, 1.54) is 31.4 Å². The maximum absolute atomic E-state index is 12.5. The summed E-state index contributed by atoms with van der Waals surface area (Å²) in [5.41, 5.74) is -0.612. The van der Waals surface area contributed by atoms with Gasteiger partial charge in [0.05, 0.1) is 11.3 Å². The molecule has 0 unspecified atom stereocenters. The molecule has 1 fully saturated rings. The van der Waals surface area contributed by atoms with Crippen molar-refractivity contribution in [2.45, 2.75) is 44.1 Å². The Morgan fingerprint density at radius 3 is 2.27 bits per heavy atom. The van der Waals surface area contributed by atoms with E-state index in [2.05, 4.69) is 0 Å². The van der Waals surface area contributed by atoms with Crippen molar-refractivity contribution in [1.82, 2.24) is 0 Å². The molecule has 0 spiro atoms. The lowest BCUT2D eigenvalue weighted by Gasteiger charge is -2.34. The molecule has 1 saturated carbocycles. The molecule has 0 amide bonds. The summed E-state index contributed by atoms with van der Waals surface area (Å²) in [4.78, 5) is 34.7. The lowest BCUT2D eigenvalue weighted by molar-refractivity contribution is -0.384. The number of ketones is 2. The van der Waals surface area contributed by atoms with Crippen LogP contribution in [0.3, 0.4) is 0 Å². The number of non-ortho nitro benzene ring substituents is 1. The van der Waals surface area contributed by atoms with Crippen molar-refractivity contribution in [3.8, 4) is 0 Å². The number of nitrogens with zero attached hydrogens (tertiary/aromatic N) is 1. The zero-order chi connectivity index (χ0) is 16.2. The van der Waals surface area contributed by atoms with E-state index in [1.807, 2.05) is 0 Å². The Bertz CT molecular complexity index is 573. The smallest absolute Gasteiger partial charge is 0.269 e. The summed E-state index contributed by atoms with van der Waals surface area (Å²) >= 11 is 0. The predicted molar refractivity (Wildman–Crippen MR) is 79.9 cm³/mol. The largest absolute Gasteiger partial charge is 0.370 e. The van der Waals surface area contributed by atoms with Gasteiger partial charge in [0.2, 0.25) is 0 Å². The number of nitro benzene ring substituents is 1. The Morgan fingerprint density at radius 1 is 1.18 bits per heavy atom. The van der Waals surface area contributed by atoms with Gasteiger partial charge in [-0.05, 0) is 25.0 Å². The highest BCUT2D eigenvalue weighted by molar-refractivity contribution is 6.10. The topological polar surface area (TPSA) is 86.5 Å². The number of carbonyl (C=O) groups excluding carboxylic acids is 2. The third kappa shape index (κ3) is 3.39. The van der Waals surface area contributed by atoms with E-state index in [9.17, 15) is 19.7 Å². The molecule has 2 rings (SSSR count). The van der Waals surface area contributed by atoms with Gasteiger partial charge in [0, 0.05) is 24.8 Å². The van der Waals surface area contributed by atoms with Crippen LogP contribution in [0, 0.1) is 10.1 Å². The van der Waals surface area contributed by atoms with Gasteiger partial charge in [-0.15, -0.1) is 0 Å². The van der Waals surface area contributed by atoms with Gasteiger partial charge in [0.1, 0.15) is 5.60 Å². The van der Waals surface area contributed by atoms with Crippen LogP contribution in [0.4, 0.5) is 5.69 Å². The standard InChI is InChI=1S/C16H19NO5/c1-22-16(9-3-2-4-10-16)15(19)11-14(18)12-5-7-13(8-6-12)17(20)21/h5-8H,2-4,9-11H2,1H3. The minimum atomic E-state index is -0.839. The normalized spacial score (nSPS) is 17.0. The van der Waals surface area contributed by atoms with Crippen LogP contribution in [0.15, 0.2) is 24.3 Å². The number of benzene rings is 1. The van der Waals surface area contributed by atoms with Crippen molar-refractivity contribution < 1.29 is 19.2 Å². The molecule has 1 aromatic carbocycles. The molecule has 1 aliphatic carbocycles. The van der Waals surface area contributed by atoms with E-state index in [-0.39, 0.29) is 23.7 Å². The molecule has 0 bridgehead atoms. The average molecular weight is 305 g/mol. The van der Waals surface area contributed by atoms with Crippen molar-refractivity contribution in [2.75, 3.05) is 7.11 Å². The summed E-state index contributed by atoms with van der Waals surface area (Å²) in [6.45, 7) is 0. The van der Waals surface area contributed by atoms with E-state index in [4.69, 9.17) is 4.74 Å². The molecular weight excluding hydrogens is 286 g/mol. The number of nitro groups is 1. The van der Waals surface area contributed by atoms with Gasteiger partial charge in [0.25, 0.3) is 5.69 Å². The quantitative estimate of drug-likeness (QED) is 0.349. The van der Waals surface area contributed by atoms with Crippen molar-refractivity contribution in [2.24, 2.45) is 0 Å². The van der Waals surface area contributed by atoms with Crippen LogP contribution in [-0.4, -0.2) is 29.2 Å². The molecule has 1 aromatic rings. The molecule has 6 nitrogen and oxygen atoms in total. The molecule has 1 aliphatic rings. The molecular formula is C16H19NO5. The van der Waals surface area contributed by atoms with Gasteiger partial charge in [-0.25, -0.2) is 0 Å². The fraction of sp³-hybridized carbons (Fsp3) is 0.500. The van der Waals surface area contributed by atoms with Crippen LogP contribution in [0.2, 0.25) is 0 Å². The van der Waals surface area contributed by atoms with Crippen LogP contribution in [0.1, 0.15) is 48.9 Å². The summed E-state index contributed by atoms with van der Waals surface area (Å²) in [7, 11) is 1.51. The van der Waals surface area contributed by atoms with Gasteiger partial charge in [-0.2, -0.15) is 0 Å². The highest BCUT2D eigenvalue weighted by atomic mass is 16.6. The summed E-state index contributed by atoms with van der Waals surface area (Å²) in [5.74, 6) is -0.528. The molecule has 0 aromatic heterocycles. The molecule has 0 radical (unpaired) electrons. The minimum absolute atomic E-state index is 0.0801. The van der Waals surface area contributed by atoms with Crippen molar-refractivity contribution in [1.29, 1.82) is 0 Å². The van der Waals surface area contributed by atoms with Crippen molar-refractivity contribution in [3.05, 3.63) is 39.9 Å². The van der Waals surface area contributed by atoms with E-state index in [0.29, 0.717) is 18.4 Å². The number of hydrogen-bond acceptors (Lipinski definition) is 5. The first-order chi connectivity index (χ1) is 10.5. The van der Waals surface area contributed by atoms with Crippen molar-refractivity contribution in [3.63, 3.8) is 0 Å². The molecule has 0 N–H and O–H groups in total. The van der Waals surface area contributed by atoms with Crippen LogP contribution < -0.4 is 0 Å². The molecule has 0 saturated heterocycles. The fourth-order valence-corrected chi connectivity index (χ4v) is 2.90. The van der Waals surface area contributed by atoms with Gasteiger partial charge >= 0.3 is 0 Å². The van der Waals surface area contributed by atoms with Crippen molar-refractivity contribution >= 4 is 17.3 Å². The average Bonchev–Trinajstić information content (AvgIpc) is 2.55. The Kier molecular flexibility index (Phi) is 5.03. The van der Waals surface area contributed by atoms with Gasteiger partial charge in [-0.3, -0.25) is 19.7 Å². The fourth-order valence-electron chi connectivity index (χ4n) is 2.90. The maximum Gasteiger partial charge on any atom is 0.269 e. The third-order valence-corrected chi connectivity index (χ3v) is 4.28. The second-order valence-corrected chi connectivity index (χ2v) is 5.59. The molecule has 0 heterocycles. The summed E-state index contributed by atoms with van der Waals surface area (Å²) in [6.07, 6.45) is 3.99. The number of ether oxygens (including phenoxy) is 1. The minimum Gasteiger partial charge on any atom is -0.370 e. The van der Waals surface area contributed by atoms with Gasteiger partial charge < -0.3 is 4.74 Å². The molecule has 0 atom stereocenters. The van der Waals surface area contributed by atoms with E-state index < -0.39 is 10.5 Å². The molecule has 118 valence electrons. The van der Waals surface area contributed by atoms with Crippen LogP contribution in [-0.2, 0) is 9.53 Å². The first kappa shape index (κ1) is 16.3. The number of carbonyl (C=O) groups is 2. The first-order valence-electron chi connectivity index (χ1n) is 7.34. The zero-order valence-corrected chi connectivity index (χ0v) is 12.5. The summed E-state index contributed by atoms with van der Waals surface area (Å²) < 4.78 is 5.44. The Labute approximate surface area is 128 Å². The van der Waals surface area contributed by atoms with Gasteiger partial charge in [0.15, 0.2) is 11.6 Å². The number of methoxy groups -OCH3 is 1. The highest BCUT2D eigenvalue weighted by Crippen LogP contribution is 2.33. The lowest BCUT2D eigenvalue weighted by atomic mass is 9.79. The third-order valence-electron chi connectivity index (χ3n) is 4.28. The predicted octanol–water partition coefficient (Wildman–Crippen LogP) is 3.09. The first-order valence-corrected chi connectivity index (χ1v) is 7.34. The Hall–Kier alpha value is -2.08. The van der Waals surface area contributed by atoms with Crippen LogP contribution in [0.25, 0.3) is 0 Å². The second-order valence-electron chi connectivity index (χ2n) is 5.59. The monoisotopic (exact) mass is 305 g/mol. The van der Waals surface area contributed by atoms with Gasteiger partial charge in [-0.1, -0.05) is 19.3 Å².